The summed E-state index contributed by atoms with van der Waals surface area (Å²) in [7, 11) is 0. The molecule has 2 saturated carbocycles. The minimum absolute atomic E-state index is 0.0484. The molecule has 0 saturated heterocycles. The first-order valence-electron chi connectivity index (χ1n) is 9.43. The van der Waals surface area contributed by atoms with E-state index in [0.717, 1.165) is 31.4 Å². The largest absolute Gasteiger partial charge is 0.395 e. The van der Waals surface area contributed by atoms with Crippen molar-refractivity contribution >= 4 is 11.8 Å². The number of aliphatic hydroxyl groups excluding tert-OH is 1. The maximum absolute atomic E-state index is 11.8. The number of aromatic nitrogens is 1. The molecule has 0 radical (unpaired) electrons. The van der Waals surface area contributed by atoms with Gasteiger partial charge in [0.1, 0.15) is 5.76 Å². The fourth-order valence-corrected chi connectivity index (χ4v) is 3.24. The van der Waals surface area contributed by atoms with Crippen LogP contribution in [0.15, 0.2) is 10.6 Å². The van der Waals surface area contributed by atoms with Gasteiger partial charge in [-0.15, -0.1) is 0 Å². The molecule has 2 aliphatic rings. The van der Waals surface area contributed by atoms with Crippen LogP contribution in [0.1, 0.15) is 73.5 Å². The van der Waals surface area contributed by atoms with Crippen molar-refractivity contribution in [3.05, 3.63) is 17.5 Å². The van der Waals surface area contributed by atoms with Gasteiger partial charge < -0.3 is 26.0 Å². The van der Waals surface area contributed by atoms with E-state index in [1.165, 1.54) is 19.3 Å². The number of hydrogen-bond acceptors (Lipinski definition) is 6. The molecular weight excluding hydrogens is 336 g/mol. The Morgan fingerprint density at radius 1 is 1.23 bits per heavy atom. The molecule has 0 aliphatic heterocycles. The fourth-order valence-electron chi connectivity index (χ4n) is 3.24. The number of amides is 2. The second kappa shape index (κ2) is 10.3. The average molecular weight is 366 g/mol. The summed E-state index contributed by atoms with van der Waals surface area (Å²) in [6.45, 7) is 0.907. The molecule has 3 rings (SSSR count). The van der Waals surface area contributed by atoms with E-state index in [4.69, 9.17) is 21.1 Å². The normalized spacial score (nSPS) is 17.3. The summed E-state index contributed by atoms with van der Waals surface area (Å²) in [4.78, 5) is 24.1. The van der Waals surface area contributed by atoms with Crippen LogP contribution in [0.2, 0.25) is 0 Å². The van der Waals surface area contributed by atoms with Crippen LogP contribution in [0.4, 0.5) is 0 Å². The number of hydrogen-bond donors (Lipinski definition) is 3. The SMILES string of the molecule is NC(=O)c1cc(C2CC2)on1.NCCC(=O)N(CCO)C1CCCCC1. The maximum Gasteiger partial charge on any atom is 0.270 e. The van der Waals surface area contributed by atoms with E-state index >= 15 is 0 Å². The van der Waals surface area contributed by atoms with E-state index in [-0.39, 0.29) is 18.2 Å². The highest BCUT2D eigenvalue weighted by Gasteiger charge is 2.28. The Morgan fingerprint density at radius 3 is 2.42 bits per heavy atom. The van der Waals surface area contributed by atoms with E-state index in [2.05, 4.69) is 5.16 Å². The Balaban J connectivity index is 0.000000195. The second-order valence-electron chi connectivity index (χ2n) is 6.89. The van der Waals surface area contributed by atoms with Gasteiger partial charge in [-0.2, -0.15) is 0 Å². The van der Waals surface area contributed by atoms with Gasteiger partial charge in [-0.1, -0.05) is 24.4 Å². The topological polar surface area (TPSA) is 136 Å². The average Bonchev–Trinajstić information content (AvgIpc) is 3.37. The van der Waals surface area contributed by atoms with Gasteiger partial charge in [0.05, 0.1) is 6.61 Å². The van der Waals surface area contributed by atoms with Crippen molar-refractivity contribution in [2.24, 2.45) is 11.5 Å². The number of rotatable bonds is 7. The first kappa shape index (κ1) is 20.4. The van der Waals surface area contributed by atoms with E-state index in [9.17, 15) is 9.59 Å². The van der Waals surface area contributed by atoms with Crippen LogP contribution in [0, 0.1) is 0 Å². The summed E-state index contributed by atoms with van der Waals surface area (Å²) in [5.41, 5.74) is 10.6. The molecule has 26 heavy (non-hydrogen) atoms. The van der Waals surface area contributed by atoms with Crippen molar-refractivity contribution in [2.45, 2.75) is 63.3 Å². The van der Waals surface area contributed by atoms with Gasteiger partial charge in [0.15, 0.2) is 5.69 Å². The van der Waals surface area contributed by atoms with Gasteiger partial charge in [-0.05, 0) is 25.7 Å². The third-order valence-corrected chi connectivity index (χ3v) is 4.80. The molecule has 5 N–H and O–H groups in total. The zero-order valence-corrected chi connectivity index (χ0v) is 15.2. The summed E-state index contributed by atoms with van der Waals surface area (Å²) in [6.07, 6.45) is 8.49. The van der Waals surface area contributed by atoms with Crippen LogP contribution in [0.5, 0.6) is 0 Å². The number of nitrogens with two attached hydrogens (primary N) is 2. The van der Waals surface area contributed by atoms with Gasteiger partial charge in [0.25, 0.3) is 5.91 Å². The van der Waals surface area contributed by atoms with Crippen molar-refractivity contribution in [3.8, 4) is 0 Å². The van der Waals surface area contributed by atoms with Gasteiger partial charge in [0.2, 0.25) is 5.91 Å². The van der Waals surface area contributed by atoms with Crippen LogP contribution in [0.3, 0.4) is 0 Å². The number of aliphatic hydroxyl groups is 1. The van der Waals surface area contributed by atoms with E-state index in [1.807, 2.05) is 4.90 Å². The monoisotopic (exact) mass is 366 g/mol. The molecule has 0 unspecified atom stereocenters. The Hall–Kier alpha value is -1.93. The first-order valence-corrected chi connectivity index (χ1v) is 9.43. The van der Waals surface area contributed by atoms with E-state index < -0.39 is 5.91 Å². The summed E-state index contributed by atoms with van der Waals surface area (Å²) >= 11 is 0. The summed E-state index contributed by atoms with van der Waals surface area (Å²) in [6, 6.07) is 1.96. The summed E-state index contributed by atoms with van der Waals surface area (Å²) in [5, 5.41) is 12.5. The molecule has 146 valence electrons. The summed E-state index contributed by atoms with van der Waals surface area (Å²) < 4.78 is 4.90. The second-order valence-corrected chi connectivity index (χ2v) is 6.89. The number of carbonyl (C=O) groups excluding carboxylic acids is 2. The van der Waals surface area contributed by atoms with Gasteiger partial charge in [-0.3, -0.25) is 9.59 Å². The number of nitrogens with zero attached hydrogens (tertiary/aromatic N) is 2. The molecule has 0 bridgehead atoms. The predicted octanol–water partition coefficient (Wildman–Crippen LogP) is 1.14. The van der Waals surface area contributed by atoms with Crippen LogP contribution in [-0.4, -0.2) is 52.7 Å². The molecule has 2 aliphatic carbocycles. The Kier molecular flexibility index (Phi) is 8.06. The zero-order chi connectivity index (χ0) is 18.9. The molecule has 2 amide bonds. The lowest BCUT2D eigenvalue weighted by molar-refractivity contribution is -0.134. The molecule has 2 fully saturated rings. The molecular formula is C18H30N4O4. The van der Waals surface area contributed by atoms with Crippen LogP contribution >= 0.6 is 0 Å². The third-order valence-electron chi connectivity index (χ3n) is 4.80. The lowest BCUT2D eigenvalue weighted by Crippen LogP contribution is -2.43. The fraction of sp³-hybridized carbons (Fsp3) is 0.722. The first-order chi connectivity index (χ1) is 12.6. The Bertz CT molecular complexity index is 580. The number of carbonyl (C=O) groups is 2. The van der Waals surface area contributed by atoms with Gasteiger partial charge in [-0.25, -0.2) is 0 Å². The standard InChI is InChI=1S/C11H22N2O2.C7H8N2O2/c12-7-6-11(15)13(8-9-14)10-4-2-1-3-5-10;8-7(10)5-3-6(11-9-5)4-1-2-4/h10,14H,1-9,12H2;3-4H,1-2H2,(H2,8,10). The predicted molar refractivity (Wildman–Crippen MR) is 96.3 cm³/mol. The van der Waals surface area contributed by atoms with Gasteiger partial charge in [0, 0.05) is 37.5 Å². The molecule has 1 aromatic heterocycles. The molecule has 0 aromatic carbocycles. The van der Waals surface area contributed by atoms with Crippen molar-refractivity contribution in [1.82, 2.24) is 10.1 Å². The minimum Gasteiger partial charge on any atom is -0.395 e. The minimum atomic E-state index is -0.527. The van der Waals surface area contributed by atoms with Crippen molar-refractivity contribution in [1.29, 1.82) is 0 Å². The molecule has 1 aromatic rings. The third kappa shape index (κ3) is 6.10. The molecule has 1 heterocycles. The number of primary amides is 1. The Labute approximate surface area is 153 Å². The molecule has 8 nitrogen and oxygen atoms in total. The maximum atomic E-state index is 11.8. The Morgan fingerprint density at radius 2 is 1.92 bits per heavy atom. The van der Waals surface area contributed by atoms with Crippen molar-refractivity contribution < 1.29 is 19.2 Å². The molecule has 0 spiro atoms. The lowest BCUT2D eigenvalue weighted by atomic mass is 9.94. The molecule has 8 heteroatoms. The van der Waals surface area contributed by atoms with E-state index in [1.54, 1.807) is 6.07 Å². The lowest BCUT2D eigenvalue weighted by Gasteiger charge is -2.34. The van der Waals surface area contributed by atoms with Crippen molar-refractivity contribution in [3.63, 3.8) is 0 Å². The highest BCUT2D eigenvalue weighted by Crippen LogP contribution is 2.40. The van der Waals surface area contributed by atoms with Crippen LogP contribution < -0.4 is 11.5 Å². The quantitative estimate of drug-likeness (QED) is 0.662. The molecule has 0 atom stereocenters. The smallest absolute Gasteiger partial charge is 0.270 e. The van der Waals surface area contributed by atoms with Crippen LogP contribution in [-0.2, 0) is 4.79 Å². The van der Waals surface area contributed by atoms with Gasteiger partial charge >= 0.3 is 0 Å². The summed E-state index contributed by atoms with van der Waals surface area (Å²) in [5.74, 6) is 0.841. The van der Waals surface area contributed by atoms with E-state index in [0.29, 0.717) is 31.5 Å². The zero-order valence-electron chi connectivity index (χ0n) is 15.2. The van der Waals surface area contributed by atoms with Crippen LogP contribution in [0.25, 0.3) is 0 Å². The highest BCUT2D eigenvalue weighted by atomic mass is 16.5. The highest BCUT2D eigenvalue weighted by molar-refractivity contribution is 5.90. The van der Waals surface area contributed by atoms with Crippen molar-refractivity contribution in [2.75, 3.05) is 19.7 Å².